The van der Waals surface area contributed by atoms with Crippen molar-refractivity contribution in [1.82, 2.24) is 0 Å². The number of nitrogens with two attached hydrogens (primary N) is 1. The van der Waals surface area contributed by atoms with E-state index in [4.69, 9.17) is 14.6 Å². The summed E-state index contributed by atoms with van der Waals surface area (Å²) in [4.78, 5) is 0.0389. The molecule has 5 nitrogen and oxygen atoms in total. The number of ether oxygens (including phenoxy) is 2. The van der Waals surface area contributed by atoms with Gasteiger partial charge in [-0.05, 0) is 30.9 Å². The Morgan fingerprint density at radius 3 is 2.61 bits per heavy atom. The molecule has 2 rings (SSSR count). The maximum absolute atomic E-state index is 11.4. The van der Waals surface area contributed by atoms with Crippen LogP contribution in [0.2, 0.25) is 0 Å². The highest BCUT2D eigenvalue weighted by Gasteiger charge is 2.18. The highest BCUT2D eigenvalue weighted by molar-refractivity contribution is 7.89. The minimum absolute atomic E-state index is 0.0389. The lowest BCUT2D eigenvalue weighted by Gasteiger charge is -2.22. The van der Waals surface area contributed by atoms with Gasteiger partial charge in [0.05, 0.1) is 6.61 Å². The van der Waals surface area contributed by atoms with E-state index in [0.29, 0.717) is 18.3 Å². The van der Waals surface area contributed by atoms with E-state index < -0.39 is 10.0 Å². The molecule has 2 N–H and O–H groups in total. The van der Waals surface area contributed by atoms with E-state index in [9.17, 15) is 8.42 Å². The lowest BCUT2D eigenvalue weighted by atomic mass is 10.0. The van der Waals surface area contributed by atoms with Gasteiger partial charge >= 0.3 is 0 Å². The van der Waals surface area contributed by atoms with Gasteiger partial charge in [0, 0.05) is 13.2 Å². The van der Waals surface area contributed by atoms with Crippen molar-refractivity contribution in [1.29, 1.82) is 0 Å². The summed E-state index contributed by atoms with van der Waals surface area (Å²) < 4.78 is 33.6. The third-order valence-corrected chi connectivity index (χ3v) is 3.92. The topological polar surface area (TPSA) is 78.6 Å². The standard InChI is InChI=1S/C12H17NO4S/c13-18(14,15)12-4-2-1-3-11(12)17-9-10-5-7-16-8-6-10/h1-4,10H,5-9H2,(H2,13,14,15). The molecule has 0 unspecified atom stereocenters. The Kier molecular flexibility index (Phi) is 4.21. The predicted molar refractivity (Wildman–Crippen MR) is 66.9 cm³/mol. The van der Waals surface area contributed by atoms with Gasteiger partial charge in [-0.3, -0.25) is 0 Å². The number of sulfonamides is 1. The van der Waals surface area contributed by atoms with Gasteiger partial charge in [0.1, 0.15) is 10.6 Å². The number of hydrogen-bond acceptors (Lipinski definition) is 4. The van der Waals surface area contributed by atoms with E-state index in [0.717, 1.165) is 26.1 Å². The smallest absolute Gasteiger partial charge is 0.241 e. The third kappa shape index (κ3) is 3.44. The average Bonchev–Trinajstić information content (AvgIpc) is 2.37. The van der Waals surface area contributed by atoms with Crippen molar-refractivity contribution in [2.75, 3.05) is 19.8 Å². The van der Waals surface area contributed by atoms with Crippen molar-refractivity contribution in [3.05, 3.63) is 24.3 Å². The molecule has 1 aliphatic rings. The van der Waals surface area contributed by atoms with Crippen molar-refractivity contribution in [3.8, 4) is 5.75 Å². The number of rotatable bonds is 4. The van der Waals surface area contributed by atoms with Crippen molar-refractivity contribution in [3.63, 3.8) is 0 Å². The fourth-order valence-electron chi connectivity index (χ4n) is 1.93. The van der Waals surface area contributed by atoms with Crippen LogP contribution in [0.15, 0.2) is 29.2 Å². The molecule has 18 heavy (non-hydrogen) atoms. The van der Waals surface area contributed by atoms with Gasteiger partial charge in [-0.15, -0.1) is 0 Å². The summed E-state index contributed by atoms with van der Waals surface area (Å²) in [5.41, 5.74) is 0. The van der Waals surface area contributed by atoms with E-state index in [1.165, 1.54) is 6.07 Å². The van der Waals surface area contributed by atoms with Crippen molar-refractivity contribution < 1.29 is 17.9 Å². The first-order valence-electron chi connectivity index (χ1n) is 5.90. The zero-order valence-electron chi connectivity index (χ0n) is 10.0. The minimum Gasteiger partial charge on any atom is -0.492 e. The van der Waals surface area contributed by atoms with Crippen LogP contribution in [-0.2, 0) is 14.8 Å². The lowest BCUT2D eigenvalue weighted by Crippen LogP contribution is -2.22. The van der Waals surface area contributed by atoms with Crippen LogP contribution in [0.5, 0.6) is 5.75 Å². The summed E-state index contributed by atoms with van der Waals surface area (Å²) in [6.07, 6.45) is 1.88. The molecule has 1 saturated heterocycles. The summed E-state index contributed by atoms with van der Waals surface area (Å²) in [7, 11) is -3.74. The first kappa shape index (κ1) is 13.3. The molecule has 1 aromatic carbocycles. The van der Waals surface area contributed by atoms with Crippen LogP contribution < -0.4 is 9.88 Å². The maximum atomic E-state index is 11.4. The highest BCUT2D eigenvalue weighted by Crippen LogP contribution is 2.24. The first-order valence-corrected chi connectivity index (χ1v) is 7.44. The molecule has 100 valence electrons. The molecule has 1 fully saturated rings. The molecule has 0 aromatic heterocycles. The Labute approximate surface area is 107 Å². The minimum atomic E-state index is -3.74. The molecular formula is C12H17NO4S. The van der Waals surface area contributed by atoms with E-state index in [-0.39, 0.29) is 4.90 Å². The Bertz CT molecular complexity index is 495. The Hall–Kier alpha value is -1.11. The summed E-state index contributed by atoms with van der Waals surface area (Å²) in [6, 6.07) is 6.43. The number of benzene rings is 1. The Morgan fingerprint density at radius 2 is 1.94 bits per heavy atom. The van der Waals surface area contributed by atoms with Crippen molar-refractivity contribution >= 4 is 10.0 Å². The molecule has 0 aliphatic carbocycles. The summed E-state index contributed by atoms with van der Waals surface area (Å²) in [5, 5.41) is 5.14. The molecule has 1 heterocycles. The Balaban J connectivity index is 2.05. The molecule has 0 bridgehead atoms. The predicted octanol–water partition coefficient (Wildman–Crippen LogP) is 1.14. The largest absolute Gasteiger partial charge is 0.492 e. The molecule has 1 aromatic rings. The van der Waals surface area contributed by atoms with Crippen LogP contribution in [0.4, 0.5) is 0 Å². The van der Waals surface area contributed by atoms with Gasteiger partial charge in [-0.2, -0.15) is 0 Å². The molecule has 6 heteroatoms. The van der Waals surface area contributed by atoms with Gasteiger partial charge in [0.2, 0.25) is 10.0 Å². The molecule has 0 saturated carbocycles. The molecule has 0 radical (unpaired) electrons. The quantitative estimate of drug-likeness (QED) is 0.890. The number of hydrogen-bond donors (Lipinski definition) is 1. The van der Waals surface area contributed by atoms with Gasteiger partial charge in [-0.25, -0.2) is 13.6 Å². The van der Waals surface area contributed by atoms with Gasteiger partial charge < -0.3 is 9.47 Å². The maximum Gasteiger partial charge on any atom is 0.241 e. The van der Waals surface area contributed by atoms with Crippen molar-refractivity contribution in [2.24, 2.45) is 11.1 Å². The van der Waals surface area contributed by atoms with Gasteiger partial charge in [-0.1, -0.05) is 12.1 Å². The second-order valence-corrected chi connectivity index (χ2v) is 5.89. The van der Waals surface area contributed by atoms with Gasteiger partial charge in [0.25, 0.3) is 0 Å². The van der Waals surface area contributed by atoms with Crippen LogP contribution >= 0.6 is 0 Å². The molecular weight excluding hydrogens is 254 g/mol. The fourth-order valence-corrected chi connectivity index (χ4v) is 2.60. The second-order valence-electron chi connectivity index (χ2n) is 4.36. The molecule has 0 amide bonds. The van der Waals surface area contributed by atoms with Crippen LogP contribution in [0.3, 0.4) is 0 Å². The molecule has 1 aliphatic heterocycles. The summed E-state index contributed by atoms with van der Waals surface area (Å²) in [5.74, 6) is 0.735. The van der Waals surface area contributed by atoms with Crippen LogP contribution in [0.25, 0.3) is 0 Å². The van der Waals surface area contributed by atoms with E-state index in [2.05, 4.69) is 0 Å². The van der Waals surface area contributed by atoms with Crippen LogP contribution in [-0.4, -0.2) is 28.2 Å². The normalized spacial score (nSPS) is 17.6. The summed E-state index contributed by atoms with van der Waals surface area (Å²) in [6.45, 7) is 1.98. The fraction of sp³-hybridized carbons (Fsp3) is 0.500. The molecule has 0 spiro atoms. The zero-order valence-corrected chi connectivity index (χ0v) is 10.9. The number of primary sulfonamides is 1. The highest BCUT2D eigenvalue weighted by atomic mass is 32.2. The molecule has 0 atom stereocenters. The Morgan fingerprint density at radius 1 is 1.28 bits per heavy atom. The second kappa shape index (κ2) is 5.69. The third-order valence-electron chi connectivity index (χ3n) is 2.97. The van der Waals surface area contributed by atoms with Crippen LogP contribution in [0, 0.1) is 5.92 Å². The number of para-hydroxylation sites is 1. The van der Waals surface area contributed by atoms with Crippen molar-refractivity contribution in [2.45, 2.75) is 17.7 Å². The average molecular weight is 271 g/mol. The SMILES string of the molecule is NS(=O)(=O)c1ccccc1OCC1CCOCC1. The van der Waals surface area contributed by atoms with E-state index in [1.54, 1.807) is 18.2 Å². The lowest BCUT2D eigenvalue weighted by molar-refractivity contribution is 0.0493. The first-order chi connectivity index (χ1) is 8.57. The van der Waals surface area contributed by atoms with E-state index >= 15 is 0 Å². The monoisotopic (exact) mass is 271 g/mol. The van der Waals surface area contributed by atoms with Gasteiger partial charge in [0.15, 0.2) is 0 Å². The van der Waals surface area contributed by atoms with Crippen LogP contribution in [0.1, 0.15) is 12.8 Å². The summed E-state index contributed by atoms with van der Waals surface area (Å²) >= 11 is 0. The van der Waals surface area contributed by atoms with E-state index in [1.807, 2.05) is 0 Å². The zero-order chi connectivity index (χ0) is 13.0.